The summed E-state index contributed by atoms with van der Waals surface area (Å²) in [6.45, 7) is 0.840. The van der Waals surface area contributed by atoms with Gasteiger partial charge in [-0.2, -0.15) is 0 Å². The number of rotatable bonds is 3. The van der Waals surface area contributed by atoms with Crippen LogP contribution in [0.5, 0.6) is 0 Å². The van der Waals surface area contributed by atoms with Crippen LogP contribution in [0.4, 0.5) is 5.69 Å². The van der Waals surface area contributed by atoms with E-state index in [1.54, 1.807) is 19.2 Å². The van der Waals surface area contributed by atoms with Gasteiger partial charge in [0.15, 0.2) is 0 Å². The molecule has 0 radical (unpaired) electrons. The second-order valence-electron chi connectivity index (χ2n) is 7.78. The van der Waals surface area contributed by atoms with E-state index in [1.807, 2.05) is 34.9 Å². The topological polar surface area (TPSA) is 101 Å². The van der Waals surface area contributed by atoms with E-state index in [4.69, 9.17) is 4.74 Å². The lowest BCUT2D eigenvalue weighted by Crippen LogP contribution is -2.37. The highest BCUT2D eigenvalue weighted by atomic mass is 16.6. The number of fused-ring (bicyclic) bond motifs is 3. The Morgan fingerprint density at radius 3 is 2.50 bits per heavy atom. The second kappa shape index (κ2) is 7.31. The van der Waals surface area contributed by atoms with Gasteiger partial charge in [0.2, 0.25) is 0 Å². The van der Waals surface area contributed by atoms with Gasteiger partial charge >= 0.3 is 5.69 Å². The summed E-state index contributed by atoms with van der Waals surface area (Å²) >= 11 is 0. The first kappa shape index (κ1) is 20.0. The minimum atomic E-state index is -0.665. The van der Waals surface area contributed by atoms with Gasteiger partial charge in [0.05, 0.1) is 33.8 Å². The lowest BCUT2D eigenvalue weighted by molar-refractivity contribution is -0.385. The number of benzene rings is 2. The van der Waals surface area contributed by atoms with Crippen molar-refractivity contribution in [2.75, 3.05) is 6.61 Å². The number of nitro groups is 1. The molecule has 2 aromatic heterocycles. The number of non-ortho nitro benzene ring substituents is 1. The van der Waals surface area contributed by atoms with Gasteiger partial charge in [-0.3, -0.25) is 24.0 Å². The van der Waals surface area contributed by atoms with Crippen LogP contribution in [0.25, 0.3) is 22.2 Å². The molecule has 162 valence electrons. The molecule has 2 aromatic carbocycles. The van der Waals surface area contributed by atoms with Crippen molar-refractivity contribution in [2.45, 2.75) is 12.6 Å². The standard InChI is InChI=1S/C23H20N4O5/c1-24-19-17(22(28)25(2)23(24)29)18(14-7-4-3-5-8-14)26-11-12-32-21(20(19)26)15-9-6-10-16(13-15)27(30)31/h3-10,13,21H,11-12H2,1-2H3/t21-/m1/s1. The molecule has 0 unspecified atom stereocenters. The van der Waals surface area contributed by atoms with Crippen LogP contribution in [-0.2, 0) is 25.4 Å². The molecule has 9 heteroatoms. The molecule has 32 heavy (non-hydrogen) atoms. The van der Waals surface area contributed by atoms with Crippen molar-refractivity contribution in [1.82, 2.24) is 13.7 Å². The van der Waals surface area contributed by atoms with E-state index < -0.39 is 16.7 Å². The fourth-order valence-electron chi connectivity index (χ4n) is 4.53. The first-order chi connectivity index (χ1) is 15.4. The van der Waals surface area contributed by atoms with E-state index in [-0.39, 0.29) is 11.2 Å². The molecule has 5 rings (SSSR count). The molecule has 1 aliphatic heterocycles. The number of nitro benzene ring substituents is 1. The van der Waals surface area contributed by atoms with Gasteiger partial charge in [0.25, 0.3) is 11.2 Å². The molecule has 0 spiro atoms. The number of ether oxygens (including phenoxy) is 1. The normalized spacial score (nSPS) is 15.6. The fraction of sp³-hybridized carbons (Fsp3) is 0.217. The molecule has 1 aliphatic rings. The number of hydrogen-bond donors (Lipinski definition) is 0. The predicted octanol–water partition coefficient (Wildman–Crippen LogP) is 2.73. The lowest BCUT2D eigenvalue weighted by Gasteiger charge is -2.27. The third-order valence-electron chi connectivity index (χ3n) is 5.98. The number of aryl methyl sites for hydroxylation is 1. The zero-order valence-corrected chi connectivity index (χ0v) is 17.5. The highest BCUT2D eigenvalue weighted by molar-refractivity contribution is 5.96. The van der Waals surface area contributed by atoms with Crippen LogP contribution in [0.2, 0.25) is 0 Å². The summed E-state index contributed by atoms with van der Waals surface area (Å²) in [6, 6.07) is 15.8. The minimum absolute atomic E-state index is 0.0489. The van der Waals surface area contributed by atoms with E-state index in [9.17, 15) is 19.7 Å². The van der Waals surface area contributed by atoms with Gasteiger partial charge in [-0.15, -0.1) is 0 Å². The molecule has 0 N–H and O–H groups in total. The molecular formula is C23H20N4O5. The SMILES string of the molecule is Cn1c(=O)c2c(-c3ccccc3)n3c(c2n(C)c1=O)[C@@H](c1cccc([N+](=O)[O-])c1)OCC3. The van der Waals surface area contributed by atoms with Crippen LogP contribution in [0.1, 0.15) is 17.4 Å². The second-order valence-corrected chi connectivity index (χ2v) is 7.78. The van der Waals surface area contributed by atoms with E-state index in [2.05, 4.69) is 0 Å². The third kappa shape index (κ3) is 2.82. The van der Waals surface area contributed by atoms with E-state index in [1.165, 1.54) is 23.7 Å². The summed E-state index contributed by atoms with van der Waals surface area (Å²) < 4.78 is 10.6. The summed E-state index contributed by atoms with van der Waals surface area (Å²) in [5, 5.41) is 11.8. The summed E-state index contributed by atoms with van der Waals surface area (Å²) in [6.07, 6.45) is -0.665. The summed E-state index contributed by atoms with van der Waals surface area (Å²) in [4.78, 5) is 37.0. The Morgan fingerprint density at radius 1 is 1.03 bits per heavy atom. The van der Waals surface area contributed by atoms with Crippen molar-refractivity contribution in [3.63, 3.8) is 0 Å². The molecule has 0 saturated carbocycles. The quantitative estimate of drug-likeness (QED) is 0.366. The molecule has 0 amide bonds. The first-order valence-corrected chi connectivity index (χ1v) is 10.1. The highest BCUT2D eigenvalue weighted by Gasteiger charge is 2.33. The molecule has 9 nitrogen and oxygen atoms in total. The Hall–Kier alpha value is -3.98. The Kier molecular flexibility index (Phi) is 4.56. The summed E-state index contributed by atoms with van der Waals surface area (Å²) in [5.41, 5.74) is 2.39. The van der Waals surface area contributed by atoms with Crippen LogP contribution in [0.15, 0.2) is 64.2 Å². The van der Waals surface area contributed by atoms with Crippen molar-refractivity contribution in [3.8, 4) is 11.3 Å². The molecule has 0 aliphatic carbocycles. The fourth-order valence-corrected chi connectivity index (χ4v) is 4.53. The van der Waals surface area contributed by atoms with Crippen molar-refractivity contribution in [3.05, 3.63) is 96.8 Å². The third-order valence-corrected chi connectivity index (χ3v) is 5.98. The van der Waals surface area contributed by atoms with Crippen LogP contribution in [0.3, 0.4) is 0 Å². The van der Waals surface area contributed by atoms with Gasteiger partial charge in [0.1, 0.15) is 6.10 Å². The number of nitrogens with zero attached hydrogens (tertiary/aromatic N) is 4. The molecular weight excluding hydrogens is 412 g/mol. The van der Waals surface area contributed by atoms with E-state index >= 15 is 0 Å². The van der Waals surface area contributed by atoms with Crippen molar-refractivity contribution in [2.24, 2.45) is 14.1 Å². The molecule has 3 heterocycles. The van der Waals surface area contributed by atoms with Crippen molar-refractivity contribution < 1.29 is 9.66 Å². The van der Waals surface area contributed by atoms with Gasteiger partial charge in [-0.1, -0.05) is 42.5 Å². The summed E-state index contributed by atoms with van der Waals surface area (Å²) in [7, 11) is 3.09. The Balaban J connectivity index is 1.92. The molecule has 0 bridgehead atoms. The maximum atomic E-state index is 13.3. The monoisotopic (exact) mass is 432 g/mol. The maximum absolute atomic E-state index is 13.3. The molecule has 1 atom stereocenters. The van der Waals surface area contributed by atoms with E-state index in [0.717, 1.165) is 10.1 Å². The molecule has 0 saturated heterocycles. The van der Waals surface area contributed by atoms with Crippen LogP contribution in [-0.4, -0.2) is 25.2 Å². The molecule has 0 fully saturated rings. The van der Waals surface area contributed by atoms with Crippen molar-refractivity contribution in [1.29, 1.82) is 0 Å². The van der Waals surface area contributed by atoms with Crippen molar-refractivity contribution >= 4 is 16.6 Å². The Morgan fingerprint density at radius 2 is 1.78 bits per heavy atom. The zero-order valence-electron chi connectivity index (χ0n) is 17.5. The van der Waals surface area contributed by atoms with Crippen LogP contribution < -0.4 is 11.2 Å². The van der Waals surface area contributed by atoms with Gasteiger partial charge in [-0.25, -0.2) is 4.79 Å². The Labute approximate surface area is 181 Å². The first-order valence-electron chi connectivity index (χ1n) is 10.1. The predicted molar refractivity (Wildman–Crippen MR) is 119 cm³/mol. The smallest absolute Gasteiger partial charge is 0.331 e. The van der Waals surface area contributed by atoms with Crippen LogP contribution in [0, 0.1) is 10.1 Å². The average Bonchev–Trinajstić information content (AvgIpc) is 3.17. The average molecular weight is 432 g/mol. The van der Waals surface area contributed by atoms with E-state index in [0.29, 0.717) is 41.0 Å². The molecule has 4 aromatic rings. The van der Waals surface area contributed by atoms with Gasteiger partial charge in [0, 0.05) is 32.8 Å². The highest BCUT2D eigenvalue weighted by Crippen LogP contribution is 2.40. The summed E-state index contributed by atoms with van der Waals surface area (Å²) in [5.74, 6) is 0. The van der Waals surface area contributed by atoms with Crippen LogP contribution >= 0.6 is 0 Å². The largest absolute Gasteiger partial charge is 0.365 e. The maximum Gasteiger partial charge on any atom is 0.331 e. The lowest BCUT2D eigenvalue weighted by atomic mass is 10.0. The zero-order chi connectivity index (χ0) is 22.6. The number of hydrogen-bond acceptors (Lipinski definition) is 5. The van der Waals surface area contributed by atoms with Gasteiger partial charge in [-0.05, 0) is 11.1 Å². The number of aromatic nitrogens is 3. The van der Waals surface area contributed by atoms with Gasteiger partial charge < -0.3 is 9.30 Å². The Bertz CT molecular complexity index is 1500. The minimum Gasteiger partial charge on any atom is -0.365 e.